The molecule has 3 rings (SSSR count). The van der Waals surface area contributed by atoms with Crippen LogP contribution >= 0.6 is 0 Å². The minimum atomic E-state index is -1.64. The Morgan fingerprint density at radius 2 is 1.36 bits per heavy atom. The van der Waals surface area contributed by atoms with E-state index in [4.69, 9.17) is 0 Å². The van der Waals surface area contributed by atoms with Crippen molar-refractivity contribution in [1.29, 1.82) is 0 Å². The van der Waals surface area contributed by atoms with Gasteiger partial charge in [-0.25, -0.2) is 0 Å². The van der Waals surface area contributed by atoms with Crippen LogP contribution in [0, 0.1) is 0 Å². The fourth-order valence-corrected chi connectivity index (χ4v) is 7.32. The molecule has 0 nitrogen and oxygen atoms in total. The van der Waals surface area contributed by atoms with Crippen molar-refractivity contribution in [1.82, 2.24) is 0 Å². The van der Waals surface area contributed by atoms with Gasteiger partial charge < -0.3 is 37.2 Å². The second-order valence-electron chi connectivity index (χ2n) is 6.51. The smallest absolute Gasteiger partial charge is 1.00 e. The molecule has 1 atom stereocenters. The van der Waals surface area contributed by atoms with E-state index < -0.39 is 8.07 Å². The molecular weight excluding hydrogens is 423 g/mol. The van der Waals surface area contributed by atoms with Crippen molar-refractivity contribution in [2.75, 3.05) is 0 Å². The van der Waals surface area contributed by atoms with Gasteiger partial charge in [0, 0.05) is 0 Å². The van der Waals surface area contributed by atoms with E-state index in [2.05, 4.69) is 112 Å². The summed E-state index contributed by atoms with van der Waals surface area (Å²) in [5, 5.41) is 1.53. The fourth-order valence-electron chi connectivity index (χ4n) is 3.25. The summed E-state index contributed by atoms with van der Waals surface area (Å²) in [6, 6.07) is 21.9. The summed E-state index contributed by atoms with van der Waals surface area (Å²) in [5.41, 5.74) is 2.96. The monoisotopic (exact) mass is 442 g/mol. The van der Waals surface area contributed by atoms with Crippen molar-refractivity contribution in [2.45, 2.75) is 22.9 Å². The fraction of sp³-hybridized carbons (Fsp3) is 0.200. The van der Waals surface area contributed by atoms with E-state index in [-0.39, 0.29) is 40.6 Å². The third-order valence-corrected chi connectivity index (χ3v) is 12.8. The van der Waals surface area contributed by atoms with Gasteiger partial charge in [0.25, 0.3) is 0 Å². The number of rotatable bonds is 4. The van der Waals surface area contributed by atoms with E-state index in [9.17, 15) is 0 Å². The Morgan fingerprint density at radius 1 is 0.840 bits per heavy atom. The average molecular weight is 444 g/mol. The summed E-state index contributed by atoms with van der Waals surface area (Å²) < 4.78 is 0.185. The van der Waals surface area contributed by atoms with E-state index in [1.807, 2.05) is 0 Å². The van der Waals surface area contributed by atoms with Crippen LogP contribution < -0.4 is 42.4 Å². The van der Waals surface area contributed by atoms with Crippen molar-refractivity contribution < 1.29 is 57.7 Å². The molecule has 130 valence electrons. The zero-order valence-corrected chi connectivity index (χ0v) is 19.2. The summed E-state index contributed by atoms with van der Waals surface area (Å²) in [4.78, 5) is 0. The number of allylic oxidation sites excluding steroid dienone is 4. The summed E-state index contributed by atoms with van der Waals surface area (Å²) in [6.45, 7) is 4.99. The van der Waals surface area contributed by atoms with Gasteiger partial charge in [-0.2, -0.15) is 0 Å². The van der Waals surface area contributed by atoms with Crippen LogP contribution in [0.1, 0.15) is 5.56 Å². The Morgan fingerprint density at radius 3 is 1.92 bits per heavy atom. The van der Waals surface area contributed by atoms with Gasteiger partial charge in [0.2, 0.25) is 0 Å². The molecule has 0 saturated carbocycles. The minimum Gasteiger partial charge on any atom is -1.00 e. The largest absolute Gasteiger partial charge is 1.00 e. The van der Waals surface area contributed by atoms with E-state index >= 15 is 0 Å². The third-order valence-electron chi connectivity index (χ3n) is 4.87. The molecule has 0 N–H and O–H groups in total. The topological polar surface area (TPSA) is 0 Å². The molecule has 1 aliphatic rings. The molecule has 25 heavy (non-hydrogen) atoms. The van der Waals surface area contributed by atoms with Crippen molar-refractivity contribution in [3.8, 4) is 0 Å². The molecule has 0 saturated heterocycles. The maximum atomic E-state index is 2.50. The van der Waals surface area contributed by atoms with E-state index in [0.29, 0.717) is 0 Å². The molecule has 2 aromatic rings. The predicted molar refractivity (Wildman–Crippen MR) is 93.6 cm³/mol. The molecule has 2 aromatic carbocycles. The van der Waals surface area contributed by atoms with Crippen LogP contribution in [0.2, 0.25) is 16.4 Å². The van der Waals surface area contributed by atoms with Gasteiger partial charge in [-0.3, -0.25) is 0 Å². The normalized spacial score (nSPS) is 18.5. The van der Waals surface area contributed by atoms with Gasteiger partial charge in [0.05, 0.1) is 0 Å². The van der Waals surface area contributed by atoms with Crippen molar-refractivity contribution in [3.63, 3.8) is 0 Å². The zero-order chi connectivity index (χ0) is 15.6. The van der Waals surface area contributed by atoms with Crippen LogP contribution in [0.15, 0.2) is 84.5 Å². The molecule has 0 bridgehead atoms. The summed E-state index contributed by atoms with van der Waals surface area (Å²) in [7, 11) is -1.64. The minimum absolute atomic E-state index is 0. The SMILES string of the molecule is C[Si](C)(c1ccccc1)[C]1([Ti+3])C=CC=C1Cc1ccccc1.[Cl-].[Cl-].[Cl-]. The Hall–Kier alpha value is -0.279. The molecule has 5 heteroatoms. The van der Waals surface area contributed by atoms with Crippen molar-refractivity contribution in [2.24, 2.45) is 0 Å². The first-order valence-electron chi connectivity index (χ1n) is 7.77. The Bertz CT molecular complexity index is 714. The van der Waals surface area contributed by atoms with Crippen LogP contribution in [0.3, 0.4) is 0 Å². The first kappa shape index (κ1) is 24.7. The van der Waals surface area contributed by atoms with Crippen molar-refractivity contribution in [3.05, 3.63) is 90.0 Å². The van der Waals surface area contributed by atoms with E-state index in [1.165, 1.54) is 10.8 Å². The van der Waals surface area contributed by atoms with Crippen LogP contribution in [-0.4, -0.2) is 8.07 Å². The summed E-state index contributed by atoms with van der Waals surface area (Å²) >= 11 is 2.44. The Kier molecular flexibility index (Phi) is 10.0. The molecule has 0 radical (unpaired) electrons. The molecule has 0 amide bonds. The molecule has 0 heterocycles. The molecular formula is C20H21Cl3SiTi. The molecule has 1 unspecified atom stereocenters. The van der Waals surface area contributed by atoms with Crippen LogP contribution in [0.4, 0.5) is 0 Å². The number of benzene rings is 2. The summed E-state index contributed by atoms with van der Waals surface area (Å²) in [6.07, 6.45) is 8.08. The maximum absolute atomic E-state index is 2.50. The zero-order valence-electron chi connectivity index (χ0n) is 14.3. The third kappa shape index (κ3) is 4.91. The standard InChI is InChI=1S/C20H21Si.3ClH.Ti/c1-21(2,19-13-7-4-8-14-19)20-15-9-12-18(20)16-17-10-5-3-6-11-17;;;;/h3-15H,16H2,1-2H3;3*1H;/q;;;;+3/p-3. The van der Waals surface area contributed by atoms with Gasteiger partial charge >= 0.3 is 147 Å². The van der Waals surface area contributed by atoms with Crippen LogP contribution in [0.5, 0.6) is 0 Å². The van der Waals surface area contributed by atoms with Gasteiger partial charge in [-0.05, 0) is 0 Å². The molecule has 0 aromatic heterocycles. The molecule has 0 spiro atoms. The van der Waals surface area contributed by atoms with Gasteiger partial charge in [0.15, 0.2) is 0 Å². The first-order chi connectivity index (χ1) is 10.5. The Labute approximate surface area is 182 Å². The van der Waals surface area contributed by atoms with E-state index in [0.717, 1.165) is 6.42 Å². The second kappa shape index (κ2) is 10.2. The van der Waals surface area contributed by atoms with Crippen molar-refractivity contribution >= 4 is 13.3 Å². The Balaban J connectivity index is 0.00000192. The molecule has 1 aliphatic carbocycles. The van der Waals surface area contributed by atoms with E-state index in [1.54, 1.807) is 5.57 Å². The quantitative estimate of drug-likeness (QED) is 0.419. The maximum Gasteiger partial charge on any atom is -1.00 e. The van der Waals surface area contributed by atoms with Gasteiger partial charge in [0.1, 0.15) is 0 Å². The molecule has 0 aliphatic heterocycles. The first-order valence-corrected chi connectivity index (χ1v) is 11.6. The number of hydrogen-bond donors (Lipinski definition) is 0. The van der Waals surface area contributed by atoms with Gasteiger partial charge in [-0.1, -0.05) is 0 Å². The average Bonchev–Trinajstić information content (AvgIpc) is 2.92. The van der Waals surface area contributed by atoms with Crippen LogP contribution in [0.25, 0.3) is 0 Å². The summed E-state index contributed by atoms with van der Waals surface area (Å²) in [5.74, 6) is 0. The predicted octanol–water partition coefficient (Wildman–Crippen LogP) is -4.40. The second-order valence-corrected chi connectivity index (χ2v) is 13.1. The molecule has 0 fully saturated rings. The number of hydrogen-bond acceptors (Lipinski definition) is 0. The van der Waals surface area contributed by atoms with Gasteiger partial charge in [-0.15, -0.1) is 0 Å². The van der Waals surface area contributed by atoms with Crippen LogP contribution in [-0.2, 0) is 26.9 Å². The number of halogens is 3.